The molecule has 3 nitrogen and oxygen atoms in total. The molecule has 0 aliphatic heterocycles. The molecular formula is C18H23NO2. The molecule has 0 amide bonds. The van der Waals surface area contributed by atoms with Gasteiger partial charge in [-0.15, -0.1) is 0 Å². The lowest BCUT2D eigenvalue weighted by Crippen LogP contribution is -2.12. The molecular weight excluding hydrogens is 262 g/mol. The van der Waals surface area contributed by atoms with Crippen LogP contribution in [0, 0.1) is 0 Å². The second kappa shape index (κ2) is 8.45. The van der Waals surface area contributed by atoms with Gasteiger partial charge in [-0.05, 0) is 35.7 Å². The maximum atomic E-state index is 5.44. The van der Waals surface area contributed by atoms with Crippen molar-refractivity contribution < 1.29 is 9.47 Å². The lowest BCUT2D eigenvalue weighted by atomic mass is 10.1. The van der Waals surface area contributed by atoms with Gasteiger partial charge in [0.25, 0.3) is 0 Å². The quantitative estimate of drug-likeness (QED) is 0.805. The molecule has 0 unspecified atom stereocenters. The van der Waals surface area contributed by atoms with Gasteiger partial charge in [0.1, 0.15) is 5.75 Å². The third kappa shape index (κ3) is 5.21. The Balaban J connectivity index is 1.82. The van der Waals surface area contributed by atoms with E-state index in [1.807, 2.05) is 19.1 Å². The SMILES string of the molecule is CCOc1ccc(CNCc2cccc(COC)c2)cc1. The highest BCUT2D eigenvalue weighted by Crippen LogP contribution is 2.12. The van der Waals surface area contributed by atoms with E-state index in [-0.39, 0.29) is 0 Å². The first kappa shape index (κ1) is 15.5. The summed E-state index contributed by atoms with van der Waals surface area (Å²) in [5.41, 5.74) is 3.74. The Bertz CT molecular complexity index is 537. The minimum Gasteiger partial charge on any atom is -0.494 e. The molecule has 3 heteroatoms. The molecule has 0 heterocycles. The fourth-order valence-electron chi connectivity index (χ4n) is 2.22. The number of methoxy groups -OCH3 is 1. The largest absolute Gasteiger partial charge is 0.494 e. The van der Waals surface area contributed by atoms with Gasteiger partial charge in [-0.1, -0.05) is 36.4 Å². The lowest BCUT2D eigenvalue weighted by molar-refractivity contribution is 0.185. The van der Waals surface area contributed by atoms with E-state index < -0.39 is 0 Å². The first-order valence-corrected chi connectivity index (χ1v) is 7.31. The lowest BCUT2D eigenvalue weighted by Gasteiger charge is -2.08. The number of nitrogens with one attached hydrogen (secondary N) is 1. The monoisotopic (exact) mass is 285 g/mol. The Morgan fingerprint density at radius 3 is 2.33 bits per heavy atom. The molecule has 0 aliphatic rings. The first-order valence-electron chi connectivity index (χ1n) is 7.31. The molecule has 0 atom stereocenters. The minimum atomic E-state index is 0.659. The van der Waals surface area contributed by atoms with Crippen LogP contribution in [0.2, 0.25) is 0 Å². The van der Waals surface area contributed by atoms with Gasteiger partial charge < -0.3 is 14.8 Å². The zero-order valence-corrected chi connectivity index (χ0v) is 12.8. The van der Waals surface area contributed by atoms with Gasteiger partial charge in [-0.25, -0.2) is 0 Å². The van der Waals surface area contributed by atoms with Crippen LogP contribution >= 0.6 is 0 Å². The zero-order chi connectivity index (χ0) is 14.9. The number of benzene rings is 2. The predicted molar refractivity (Wildman–Crippen MR) is 85.3 cm³/mol. The average Bonchev–Trinajstić information content (AvgIpc) is 2.50. The van der Waals surface area contributed by atoms with Crippen LogP contribution < -0.4 is 10.1 Å². The number of ether oxygens (including phenoxy) is 2. The van der Waals surface area contributed by atoms with Crippen molar-refractivity contribution in [2.45, 2.75) is 26.6 Å². The van der Waals surface area contributed by atoms with Gasteiger partial charge in [0.05, 0.1) is 13.2 Å². The summed E-state index contributed by atoms with van der Waals surface area (Å²) in [4.78, 5) is 0. The molecule has 0 spiro atoms. The van der Waals surface area contributed by atoms with Crippen molar-refractivity contribution in [3.8, 4) is 5.75 Å². The molecule has 0 saturated heterocycles. The molecule has 0 aliphatic carbocycles. The van der Waals surface area contributed by atoms with Gasteiger partial charge >= 0.3 is 0 Å². The van der Waals surface area contributed by atoms with Crippen LogP contribution in [-0.4, -0.2) is 13.7 Å². The third-order valence-corrected chi connectivity index (χ3v) is 3.20. The van der Waals surface area contributed by atoms with E-state index in [1.165, 1.54) is 16.7 Å². The second-order valence-corrected chi connectivity index (χ2v) is 4.93. The third-order valence-electron chi connectivity index (χ3n) is 3.20. The standard InChI is InChI=1S/C18H23NO2/c1-3-21-18-9-7-15(8-10-18)12-19-13-16-5-4-6-17(11-16)14-20-2/h4-11,19H,3,12-14H2,1-2H3. The smallest absolute Gasteiger partial charge is 0.119 e. The van der Waals surface area contributed by atoms with Gasteiger partial charge in [-0.3, -0.25) is 0 Å². The summed E-state index contributed by atoms with van der Waals surface area (Å²) in [7, 11) is 1.72. The van der Waals surface area contributed by atoms with E-state index in [0.29, 0.717) is 13.2 Å². The van der Waals surface area contributed by atoms with Gasteiger partial charge in [0.2, 0.25) is 0 Å². The van der Waals surface area contributed by atoms with E-state index in [9.17, 15) is 0 Å². The van der Waals surface area contributed by atoms with Crippen LogP contribution in [0.5, 0.6) is 5.75 Å². The Labute approximate surface area is 126 Å². The Kier molecular flexibility index (Phi) is 6.25. The molecule has 21 heavy (non-hydrogen) atoms. The number of hydrogen-bond acceptors (Lipinski definition) is 3. The zero-order valence-electron chi connectivity index (χ0n) is 12.8. The normalized spacial score (nSPS) is 10.6. The van der Waals surface area contributed by atoms with Crippen LogP contribution in [0.3, 0.4) is 0 Å². The van der Waals surface area contributed by atoms with E-state index in [0.717, 1.165) is 18.8 Å². The van der Waals surface area contributed by atoms with Crippen molar-refractivity contribution in [1.82, 2.24) is 5.32 Å². The molecule has 0 radical (unpaired) electrons. The summed E-state index contributed by atoms with van der Waals surface area (Å²) in [5, 5.41) is 3.46. The van der Waals surface area contributed by atoms with E-state index in [4.69, 9.17) is 9.47 Å². The maximum Gasteiger partial charge on any atom is 0.119 e. The molecule has 112 valence electrons. The van der Waals surface area contributed by atoms with Gasteiger partial charge in [0.15, 0.2) is 0 Å². The van der Waals surface area contributed by atoms with Gasteiger partial charge in [0, 0.05) is 20.2 Å². The number of rotatable bonds is 8. The molecule has 2 aromatic carbocycles. The van der Waals surface area contributed by atoms with E-state index in [1.54, 1.807) is 7.11 Å². The molecule has 0 saturated carbocycles. The van der Waals surface area contributed by atoms with Crippen LogP contribution in [0.15, 0.2) is 48.5 Å². The molecule has 0 fully saturated rings. The molecule has 1 N–H and O–H groups in total. The summed E-state index contributed by atoms with van der Waals surface area (Å²) >= 11 is 0. The van der Waals surface area contributed by atoms with Crippen LogP contribution in [0.25, 0.3) is 0 Å². The summed E-state index contributed by atoms with van der Waals surface area (Å²) in [5.74, 6) is 0.925. The van der Waals surface area contributed by atoms with Crippen molar-refractivity contribution >= 4 is 0 Å². The highest BCUT2D eigenvalue weighted by molar-refractivity contribution is 5.27. The number of hydrogen-bond donors (Lipinski definition) is 1. The fraction of sp³-hybridized carbons (Fsp3) is 0.333. The minimum absolute atomic E-state index is 0.659. The summed E-state index contributed by atoms with van der Waals surface area (Å²) in [6, 6.07) is 16.7. The Morgan fingerprint density at radius 1 is 0.905 bits per heavy atom. The molecule has 2 rings (SSSR count). The van der Waals surface area contributed by atoms with Crippen molar-refractivity contribution in [2.75, 3.05) is 13.7 Å². The molecule has 2 aromatic rings. The Morgan fingerprint density at radius 2 is 1.62 bits per heavy atom. The van der Waals surface area contributed by atoms with Crippen LogP contribution in [0.1, 0.15) is 23.6 Å². The van der Waals surface area contributed by atoms with Crippen molar-refractivity contribution in [1.29, 1.82) is 0 Å². The molecule has 0 aromatic heterocycles. The average molecular weight is 285 g/mol. The summed E-state index contributed by atoms with van der Waals surface area (Å²) in [6.07, 6.45) is 0. The Hall–Kier alpha value is -1.84. The first-order chi connectivity index (χ1) is 10.3. The highest BCUT2D eigenvalue weighted by Gasteiger charge is 1.98. The summed E-state index contributed by atoms with van der Waals surface area (Å²) < 4.78 is 10.6. The van der Waals surface area contributed by atoms with E-state index in [2.05, 4.69) is 41.7 Å². The second-order valence-electron chi connectivity index (χ2n) is 4.93. The fourth-order valence-corrected chi connectivity index (χ4v) is 2.22. The van der Waals surface area contributed by atoms with Crippen molar-refractivity contribution in [3.05, 3.63) is 65.2 Å². The van der Waals surface area contributed by atoms with Crippen molar-refractivity contribution in [2.24, 2.45) is 0 Å². The molecule has 0 bridgehead atoms. The highest BCUT2D eigenvalue weighted by atomic mass is 16.5. The van der Waals surface area contributed by atoms with Crippen molar-refractivity contribution in [3.63, 3.8) is 0 Å². The van der Waals surface area contributed by atoms with Crippen LogP contribution in [0.4, 0.5) is 0 Å². The predicted octanol–water partition coefficient (Wildman–Crippen LogP) is 3.52. The van der Waals surface area contributed by atoms with Gasteiger partial charge in [-0.2, -0.15) is 0 Å². The topological polar surface area (TPSA) is 30.5 Å². The van der Waals surface area contributed by atoms with E-state index >= 15 is 0 Å². The maximum absolute atomic E-state index is 5.44. The van der Waals surface area contributed by atoms with Crippen LogP contribution in [-0.2, 0) is 24.4 Å². The summed E-state index contributed by atoms with van der Waals surface area (Å²) in [6.45, 7) is 5.06.